The molecule has 2 fully saturated rings. The Bertz CT molecular complexity index is 1850. The Morgan fingerprint density at radius 3 is 2.50 bits per heavy atom. The molecule has 1 aliphatic heterocycles. The molecule has 2 aliphatic carbocycles. The number of amides is 1. The minimum atomic E-state index is -3.17. The van der Waals surface area contributed by atoms with Crippen LogP contribution in [0.15, 0.2) is 36.9 Å². The summed E-state index contributed by atoms with van der Waals surface area (Å²) in [5, 5.41) is 0. The number of alkyl halides is 2. The number of likely N-dealkylation sites (N-methyl/N-ethyl adjacent to an activating group) is 1. The monoisotopic (exact) mass is 632 g/mol. The van der Waals surface area contributed by atoms with Crippen LogP contribution in [0, 0.1) is 5.82 Å². The van der Waals surface area contributed by atoms with Gasteiger partial charge < -0.3 is 19.1 Å². The molecule has 46 heavy (non-hydrogen) atoms. The van der Waals surface area contributed by atoms with Crippen molar-refractivity contribution in [2.75, 3.05) is 23.5 Å². The molecular formula is C33H35F3N8O2. The number of nitrogens with zero attached hydrogens (tertiary/aromatic N) is 8. The summed E-state index contributed by atoms with van der Waals surface area (Å²) in [6.45, 7) is 6.98. The van der Waals surface area contributed by atoms with E-state index in [1.54, 1.807) is 34.9 Å². The molecule has 3 aromatic heterocycles. The van der Waals surface area contributed by atoms with Crippen LogP contribution in [-0.2, 0) is 17.3 Å². The first-order chi connectivity index (χ1) is 22.0. The fraction of sp³-hybridized carbons (Fsp3) is 0.455. The van der Waals surface area contributed by atoms with Crippen molar-refractivity contribution in [3.63, 3.8) is 0 Å². The summed E-state index contributed by atoms with van der Waals surface area (Å²) < 4.78 is 51.3. The third-order valence-corrected chi connectivity index (χ3v) is 9.07. The topological polar surface area (TPSA) is 102 Å². The number of ether oxygens (including phenoxy) is 1. The highest BCUT2D eigenvalue weighted by atomic mass is 19.3. The lowest BCUT2D eigenvalue weighted by atomic mass is 10.0. The first-order valence-electron chi connectivity index (χ1n) is 15.6. The first-order valence-corrected chi connectivity index (χ1v) is 15.6. The average Bonchev–Trinajstić information content (AvgIpc) is 3.96. The molecule has 13 heteroatoms. The Kier molecular flexibility index (Phi) is 7.05. The van der Waals surface area contributed by atoms with E-state index in [1.165, 1.54) is 18.6 Å². The van der Waals surface area contributed by atoms with Gasteiger partial charge in [-0.3, -0.25) is 4.79 Å². The quantitative estimate of drug-likeness (QED) is 0.208. The highest BCUT2D eigenvalue weighted by Crippen LogP contribution is 2.53. The van der Waals surface area contributed by atoms with Gasteiger partial charge in [0.25, 0.3) is 11.8 Å². The van der Waals surface area contributed by atoms with Gasteiger partial charge >= 0.3 is 0 Å². The van der Waals surface area contributed by atoms with E-state index in [4.69, 9.17) is 9.72 Å². The van der Waals surface area contributed by atoms with Crippen LogP contribution in [0.2, 0.25) is 0 Å². The smallest absolute Gasteiger partial charge is 0.288 e. The van der Waals surface area contributed by atoms with Crippen molar-refractivity contribution in [2.45, 2.75) is 83.3 Å². The van der Waals surface area contributed by atoms with Crippen LogP contribution < -0.4 is 14.5 Å². The van der Waals surface area contributed by atoms with E-state index in [0.29, 0.717) is 53.7 Å². The SMILES string of the molecule is CCN1C(=O)C2(CC2)N(Cc2ccc(-c3nc(C(C)(F)F)cn3C(C)C)c(F)c2)c2nc(-c3c(OC)ncnc3C3CC3)ncc21. The molecule has 0 saturated heterocycles. The highest BCUT2D eigenvalue weighted by molar-refractivity contribution is 6.09. The van der Waals surface area contributed by atoms with E-state index in [9.17, 15) is 13.6 Å². The number of rotatable bonds is 9. The van der Waals surface area contributed by atoms with Crippen molar-refractivity contribution in [3.8, 4) is 28.7 Å². The van der Waals surface area contributed by atoms with Crippen molar-refractivity contribution in [3.05, 3.63) is 59.7 Å². The second-order valence-corrected chi connectivity index (χ2v) is 12.6. The van der Waals surface area contributed by atoms with Crippen LogP contribution in [-0.4, -0.2) is 54.6 Å². The number of benzene rings is 1. The van der Waals surface area contributed by atoms with E-state index in [1.807, 2.05) is 25.7 Å². The predicted molar refractivity (Wildman–Crippen MR) is 165 cm³/mol. The molecule has 4 aromatic rings. The van der Waals surface area contributed by atoms with Crippen molar-refractivity contribution in [2.24, 2.45) is 0 Å². The van der Waals surface area contributed by atoms with Gasteiger partial charge in [0, 0.05) is 38.2 Å². The summed E-state index contributed by atoms with van der Waals surface area (Å²) in [5.41, 5.74) is 1.53. The van der Waals surface area contributed by atoms with Crippen LogP contribution in [0.25, 0.3) is 22.8 Å². The molecule has 1 spiro atoms. The number of anilines is 2. The Labute approximate surface area is 264 Å². The molecule has 240 valence electrons. The summed E-state index contributed by atoms with van der Waals surface area (Å²) in [6, 6.07) is 4.47. The molecule has 0 bridgehead atoms. The molecule has 1 amide bonds. The molecule has 7 rings (SSSR count). The second-order valence-electron chi connectivity index (χ2n) is 12.6. The van der Waals surface area contributed by atoms with E-state index >= 15 is 4.39 Å². The lowest BCUT2D eigenvalue weighted by Gasteiger charge is -2.42. The molecule has 0 unspecified atom stereocenters. The Morgan fingerprint density at radius 2 is 1.89 bits per heavy atom. The predicted octanol–water partition coefficient (Wildman–Crippen LogP) is 6.42. The number of halogens is 3. The van der Waals surface area contributed by atoms with Gasteiger partial charge in [-0.1, -0.05) is 6.07 Å². The Balaban J connectivity index is 1.30. The third kappa shape index (κ3) is 4.87. The number of carbonyl (C=O) groups excluding carboxylic acids is 1. The van der Waals surface area contributed by atoms with Gasteiger partial charge in [0.15, 0.2) is 11.6 Å². The molecule has 0 radical (unpaired) electrons. The molecule has 1 aromatic carbocycles. The normalized spacial score (nSPS) is 17.2. The molecule has 10 nitrogen and oxygen atoms in total. The molecule has 4 heterocycles. The van der Waals surface area contributed by atoms with Crippen LogP contribution >= 0.6 is 0 Å². The molecule has 3 aliphatic rings. The van der Waals surface area contributed by atoms with E-state index in [2.05, 4.69) is 19.9 Å². The van der Waals surface area contributed by atoms with Crippen molar-refractivity contribution in [1.82, 2.24) is 29.5 Å². The zero-order chi connectivity index (χ0) is 32.5. The number of aromatic nitrogens is 6. The number of hydrogen-bond donors (Lipinski definition) is 0. The molecular weight excluding hydrogens is 597 g/mol. The largest absolute Gasteiger partial charge is 0.480 e. The van der Waals surface area contributed by atoms with E-state index in [0.717, 1.165) is 25.5 Å². The lowest BCUT2D eigenvalue weighted by Crippen LogP contribution is -2.55. The van der Waals surface area contributed by atoms with Crippen LogP contribution in [0.5, 0.6) is 5.88 Å². The standard InChI is InChI=1S/C33H35F3N8O2/c1-6-42-23-14-37-27(25-26(20-8-9-20)38-17-39-30(25)46-5)41-29(23)44(33(11-12-33)31(42)45)15-19-7-10-21(22(34)13-19)28-40-24(32(4,35)36)16-43(28)18(2)3/h7,10,13-14,16-18,20H,6,8-9,11-12,15H2,1-5H3. The number of imidazole rings is 1. The maximum absolute atomic E-state index is 15.8. The minimum Gasteiger partial charge on any atom is -0.480 e. The van der Waals surface area contributed by atoms with Crippen molar-refractivity contribution >= 4 is 17.4 Å². The van der Waals surface area contributed by atoms with Gasteiger partial charge in [0.2, 0.25) is 5.88 Å². The summed E-state index contributed by atoms with van der Waals surface area (Å²) >= 11 is 0. The van der Waals surface area contributed by atoms with Gasteiger partial charge in [-0.25, -0.2) is 29.3 Å². The number of fused-ring (bicyclic) bond motifs is 1. The maximum Gasteiger partial charge on any atom is 0.288 e. The van der Waals surface area contributed by atoms with Crippen LogP contribution in [0.4, 0.5) is 24.7 Å². The van der Waals surface area contributed by atoms with Gasteiger partial charge in [0.05, 0.1) is 24.6 Å². The summed E-state index contributed by atoms with van der Waals surface area (Å²) in [6.07, 6.45) is 7.69. The third-order valence-electron chi connectivity index (χ3n) is 9.07. The van der Waals surface area contributed by atoms with Crippen LogP contribution in [0.1, 0.15) is 82.3 Å². The van der Waals surface area contributed by atoms with E-state index < -0.39 is 23.0 Å². The number of carbonyl (C=O) groups is 1. The Morgan fingerprint density at radius 1 is 1.13 bits per heavy atom. The summed E-state index contributed by atoms with van der Waals surface area (Å²) in [5.74, 6) is -2.05. The van der Waals surface area contributed by atoms with E-state index in [-0.39, 0.29) is 35.8 Å². The summed E-state index contributed by atoms with van der Waals surface area (Å²) in [4.78, 5) is 40.2. The van der Waals surface area contributed by atoms with Crippen molar-refractivity contribution < 1.29 is 22.7 Å². The fourth-order valence-electron chi connectivity index (χ4n) is 6.33. The first kappa shape index (κ1) is 30.1. The minimum absolute atomic E-state index is 0.0396. The zero-order valence-electron chi connectivity index (χ0n) is 26.4. The molecule has 0 atom stereocenters. The molecule has 2 saturated carbocycles. The second kappa shape index (κ2) is 10.8. The van der Waals surface area contributed by atoms with Crippen molar-refractivity contribution in [1.29, 1.82) is 0 Å². The van der Waals surface area contributed by atoms with Gasteiger partial charge in [0.1, 0.15) is 40.5 Å². The molecule has 0 N–H and O–H groups in total. The summed E-state index contributed by atoms with van der Waals surface area (Å²) in [7, 11) is 1.55. The van der Waals surface area contributed by atoms with Crippen LogP contribution in [0.3, 0.4) is 0 Å². The van der Waals surface area contributed by atoms with Gasteiger partial charge in [-0.05, 0) is 64.2 Å². The zero-order valence-corrected chi connectivity index (χ0v) is 26.4. The van der Waals surface area contributed by atoms with Gasteiger partial charge in [-0.15, -0.1) is 0 Å². The Hall–Kier alpha value is -4.55. The lowest BCUT2D eigenvalue weighted by molar-refractivity contribution is -0.121. The fourth-order valence-corrected chi connectivity index (χ4v) is 6.33. The van der Waals surface area contributed by atoms with Gasteiger partial charge in [-0.2, -0.15) is 8.78 Å². The maximum atomic E-state index is 15.8. The number of methoxy groups -OCH3 is 1. The average molecular weight is 633 g/mol. The number of hydrogen-bond acceptors (Lipinski definition) is 8. The highest BCUT2D eigenvalue weighted by Gasteiger charge is 2.60.